The van der Waals surface area contributed by atoms with E-state index in [-0.39, 0.29) is 24.2 Å². The van der Waals surface area contributed by atoms with Crippen molar-refractivity contribution in [3.63, 3.8) is 0 Å². The molecule has 3 amide bonds. The largest absolute Gasteiger partial charge is 0.435 e. The van der Waals surface area contributed by atoms with Gasteiger partial charge >= 0.3 is 12.6 Å². The second-order valence-electron chi connectivity index (χ2n) is 5.64. The highest BCUT2D eigenvalue weighted by Gasteiger charge is 2.21. The zero-order valence-electron chi connectivity index (χ0n) is 13.7. The molecule has 2 aromatic rings. The Morgan fingerprint density at radius 1 is 1.15 bits per heavy atom. The molecule has 0 aromatic heterocycles. The standard InChI is InChI=1S/C18H17F2N3O3/c19-17(20)26-15-7-1-12(2-8-15)11-22-16(24)13-3-5-14(6-4-13)23-10-9-21-18(23)25/h1-8,17H,9-11H2,(H,21,25)(H,22,24). The van der Waals surface area contributed by atoms with Crippen LogP contribution in [0.1, 0.15) is 15.9 Å². The fourth-order valence-electron chi connectivity index (χ4n) is 2.58. The van der Waals surface area contributed by atoms with Crippen molar-refractivity contribution >= 4 is 17.6 Å². The van der Waals surface area contributed by atoms with Crippen LogP contribution in [-0.2, 0) is 6.54 Å². The summed E-state index contributed by atoms with van der Waals surface area (Å²) in [6, 6.07) is 12.6. The van der Waals surface area contributed by atoms with Crippen molar-refractivity contribution in [1.82, 2.24) is 10.6 Å². The predicted molar refractivity (Wildman–Crippen MR) is 91.4 cm³/mol. The molecule has 0 unspecified atom stereocenters. The van der Waals surface area contributed by atoms with Gasteiger partial charge in [-0.25, -0.2) is 4.79 Å². The quantitative estimate of drug-likeness (QED) is 0.831. The summed E-state index contributed by atoms with van der Waals surface area (Å²) in [5, 5.41) is 5.47. The first-order valence-corrected chi connectivity index (χ1v) is 8.00. The summed E-state index contributed by atoms with van der Waals surface area (Å²) in [5.41, 5.74) is 1.95. The molecule has 0 radical (unpaired) electrons. The third kappa shape index (κ3) is 4.27. The van der Waals surface area contributed by atoms with Crippen LogP contribution in [-0.4, -0.2) is 31.6 Å². The van der Waals surface area contributed by atoms with Crippen LogP contribution in [0.4, 0.5) is 19.3 Å². The minimum Gasteiger partial charge on any atom is -0.435 e. The van der Waals surface area contributed by atoms with Crippen molar-refractivity contribution in [2.24, 2.45) is 0 Å². The van der Waals surface area contributed by atoms with E-state index in [0.717, 1.165) is 11.3 Å². The Kier molecular flexibility index (Phi) is 5.31. The first kappa shape index (κ1) is 17.7. The van der Waals surface area contributed by atoms with Crippen LogP contribution in [0, 0.1) is 0 Å². The van der Waals surface area contributed by atoms with Crippen LogP contribution >= 0.6 is 0 Å². The van der Waals surface area contributed by atoms with E-state index >= 15 is 0 Å². The lowest BCUT2D eigenvalue weighted by Gasteiger charge is -2.14. The summed E-state index contributed by atoms with van der Waals surface area (Å²) in [4.78, 5) is 25.4. The third-order valence-electron chi connectivity index (χ3n) is 3.90. The minimum atomic E-state index is -2.87. The molecule has 6 nitrogen and oxygen atoms in total. The van der Waals surface area contributed by atoms with Gasteiger partial charge in [-0.3, -0.25) is 9.69 Å². The Morgan fingerprint density at radius 2 is 1.85 bits per heavy atom. The molecule has 1 heterocycles. The first-order chi connectivity index (χ1) is 12.5. The number of hydrogen-bond acceptors (Lipinski definition) is 3. The molecule has 2 N–H and O–H groups in total. The topological polar surface area (TPSA) is 70.7 Å². The third-order valence-corrected chi connectivity index (χ3v) is 3.90. The number of carbonyl (C=O) groups is 2. The number of hydrogen-bond donors (Lipinski definition) is 2. The summed E-state index contributed by atoms with van der Waals surface area (Å²) in [6.45, 7) is -1.42. The van der Waals surface area contributed by atoms with Crippen LogP contribution in [0.25, 0.3) is 0 Å². The molecule has 8 heteroatoms. The number of ether oxygens (including phenoxy) is 1. The molecule has 1 fully saturated rings. The van der Waals surface area contributed by atoms with Gasteiger partial charge < -0.3 is 15.4 Å². The second-order valence-corrected chi connectivity index (χ2v) is 5.64. The molecule has 1 saturated heterocycles. The number of halogens is 2. The van der Waals surface area contributed by atoms with Gasteiger partial charge in [-0.15, -0.1) is 0 Å². The van der Waals surface area contributed by atoms with Crippen LogP contribution in [0.5, 0.6) is 5.75 Å². The molecule has 1 aliphatic heterocycles. The van der Waals surface area contributed by atoms with Crippen LogP contribution in [0.15, 0.2) is 48.5 Å². The maximum Gasteiger partial charge on any atom is 0.387 e. The fourth-order valence-corrected chi connectivity index (χ4v) is 2.58. The van der Waals surface area contributed by atoms with E-state index in [1.165, 1.54) is 12.1 Å². The second kappa shape index (κ2) is 7.81. The smallest absolute Gasteiger partial charge is 0.387 e. The molecule has 2 aromatic carbocycles. The van der Waals surface area contributed by atoms with Crippen molar-refractivity contribution in [2.45, 2.75) is 13.2 Å². The van der Waals surface area contributed by atoms with Gasteiger partial charge in [0.15, 0.2) is 0 Å². The summed E-state index contributed by atoms with van der Waals surface area (Å²) < 4.78 is 28.5. The van der Waals surface area contributed by atoms with E-state index in [1.54, 1.807) is 41.3 Å². The number of anilines is 1. The number of amides is 3. The average Bonchev–Trinajstić information content (AvgIpc) is 3.06. The molecule has 0 spiro atoms. The molecule has 0 saturated carbocycles. The molecule has 0 aliphatic carbocycles. The lowest BCUT2D eigenvalue weighted by Crippen LogP contribution is -2.27. The number of urea groups is 1. The Labute approximate surface area is 148 Å². The van der Waals surface area contributed by atoms with E-state index in [2.05, 4.69) is 15.4 Å². The maximum atomic E-state index is 12.2. The molecular weight excluding hydrogens is 344 g/mol. The molecule has 26 heavy (non-hydrogen) atoms. The van der Waals surface area contributed by atoms with Crippen LogP contribution < -0.4 is 20.3 Å². The molecule has 0 atom stereocenters. The number of nitrogens with one attached hydrogen (secondary N) is 2. The van der Waals surface area contributed by atoms with Crippen molar-refractivity contribution in [3.8, 4) is 5.75 Å². The SMILES string of the molecule is O=C(NCc1ccc(OC(F)F)cc1)c1ccc(N2CCNC2=O)cc1. The van der Waals surface area contributed by atoms with Crippen molar-refractivity contribution in [1.29, 1.82) is 0 Å². The van der Waals surface area contributed by atoms with Gasteiger partial charge in [0.2, 0.25) is 0 Å². The van der Waals surface area contributed by atoms with E-state index in [1.807, 2.05) is 0 Å². The van der Waals surface area contributed by atoms with Gasteiger partial charge in [0.25, 0.3) is 5.91 Å². The molecule has 136 valence electrons. The Hall–Kier alpha value is -3.16. The van der Waals surface area contributed by atoms with Crippen LogP contribution in [0.2, 0.25) is 0 Å². The van der Waals surface area contributed by atoms with Crippen LogP contribution in [0.3, 0.4) is 0 Å². The molecular formula is C18H17F2N3O3. The van der Waals surface area contributed by atoms with Gasteiger partial charge in [-0.1, -0.05) is 12.1 Å². The van der Waals surface area contributed by atoms with E-state index in [9.17, 15) is 18.4 Å². The van der Waals surface area contributed by atoms with E-state index in [4.69, 9.17) is 0 Å². The number of alkyl halides is 2. The first-order valence-electron chi connectivity index (χ1n) is 8.00. The minimum absolute atomic E-state index is 0.0663. The van der Waals surface area contributed by atoms with E-state index < -0.39 is 6.61 Å². The fraction of sp³-hybridized carbons (Fsp3) is 0.222. The lowest BCUT2D eigenvalue weighted by molar-refractivity contribution is -0.0498. The van der Waals surface area contributed by atoms with Gasteiger partial charge in [-0.2, -0.15) is 8.78 Å². The van der Waals surface area contributed by atoms with E-state index in [0.29, 0.717) is 18.7 Å². The zero-order chi connectivity index (χ0) is 18.5. The van der Waals surface area contributed by atoms with Gasteiger partial charge in [0.1, 0.15) is 5.75 Å². The highest BCUT2D eigenvalue weighted by Crippen LogP contribution is 2.18. The Morgan fingerprint density at radius 3 is 2.42 bits per heavy atom. The summed E-state index contributed by atoms with van der Waals surface area (Å²) in [6.07, 6.45) is 0. The molecule has 1 aliphatic rings. The highest BCUT2D eigenvalue weighted by molar-refractivity contribution is 5.96. The maximum absolute atomic E-state index is 12.2. The molecule has 3 rings (SSSR count). The monoisotopic (exact) mass is 361 g/mol. The normalized spacial score (nSPS) is 13.7. The summed E-state index contributed by atoms with van der Waals surface area (Å²) >= 11 is 0. The number of benzene rings is 2. The Balaban J connectivity index is 1.55. The molecule has 0 bridgehead atoms. The number of carbonyl (C=O) groups excluding carboxylic acids is 2. The van der Waals surface area contributed by atoms with Crippen molar-refractivity contribution in [2.75, 3.05) is 18.0 Å². The van der Waals surface area contributed by atoms with Gasteiger partial charge in [-0.05, 0) is 42.0 Å². The van der Waals surface area contributed by atoms with Gasteiger partial charge in [0, 0.05) is 30.9 Å². The predicted octanol–water partition coefficient (Wildman–Crippen LogP) is 2.75. The lowest BCUT2D eigenvalue weighted by atomic mass is 10.1. The summed E-state index contributed by atoms with van der Waals surface area (Å²) in [7, 11) is 0. The summed E-state index contributed by atoms with van der Waals surface area (Å²) in [5.74, 6) is -0.202. The zero-order valence-corrected chi connectivity index (χ0v) is 13.7. The highest BCUT2D eigenvalue weighted by atomic mass is 19.3. The Bertz CT molecular complexity index is 779. The number of rotatable bonds is 6. The van der Waals surface area contributed by atoms with Gasteiger partial charge in [0.05, 0.1) is 0 Å². The average molecular weight is 361 g/mol. The van der Waals surface area contributed by atoms with Crippen molar-refractivity contribution in [3.05, 3.63) is 59.7 Å². The van der Waals surface area contributed by atoms with Crippen molar-refractivity contribution < 1.29 is 23.1 Å². The number of nitrogens with zero attached hydrogens (tertiary/aromatic N) is 1.